The second kappa shape index (κ2) is 7.01. The fraction of sp³-hybridized carbons (Fsp3) is 0.588. The third-order valence-corrected chi connectivity index (χ3v) is 5.80. The van der Waals surface area contributed by atoms with Gasteiger partial charge in [0.2, 0.25) is 15.9 Å². The Morgan fingerprint density at radius 1 is 1.17 bits per heavy atom. The first-order valence-corrected chi connectivity index (χ1v) is 9.47. The van der Waals surface area contributed by atoms with Gasteiger partial charge < -0.3 is 5.32 Å². The molecule has 1 heterocycles. The fourth-order valence-corrected chi connectivity index (χ4v) is 4.23. The van der Waals surface area contributed by atoms with Crippen molar-refractivity contribution in [2.24, 2.45) is 5.41 Å². The maximum atomic E-state index is 12.5. The van der Waals surface area contributed by atoms with Crippen LogP contribution < -0.4 is 5.32 Å². The van der Waals surface area contributed by atoms with Gasteiger partial charge in [0.1, 0.15) is 0 Å². The number of nitrogens with zero attached hydrogens (tertiary/aromatic N) is 1. The van der Waals surface area contributed by atoms with Crippen LogP contribution in [0, 0.1) is 5.41 Å². The van der Waals surface area contributed by atoms with Crippen molar-refractivity contribution in [3.05, 3.63) is 30.3 Å². The van der Waals surface area contributed by atoms with Gasteiger partial charge in [0.25, 0.3) is 0 Å². The van der Waals surface area contributed by atoms with Gasteiger partial charge in [0.15, 0.2) is 0 Å². The van der Waals surface area contributed by atoms with Gasteiger partial charge in [0.05, 0.1) is 4.90 Å². The van der Waals surface area contributed by atoms with E-state index in [-0.39, 0.29) is 17.4 Å². The molecule has 1 amide bonds. The number of rotatable bonds is 4. The molecule has 1 N–H and O–H groups in total. The summed E-state index contributed by atoms with van der Waals surface area (Å²) in [6, 6.07) is 8.56. The lowest BCUT2D eigenvalue weighted by molar-refractivity contribution is -0.123. The molecule has 5 nitrogen and oxygen atoms in total. The summed E-state index contributed by atoms with van der Waals surface area (Å²) in [5.41, 5.74) is -0.0402. The Kier molecular flexibility index (Phi) is 5.47. The van der Waals surface area contributed by atoms with E-state index in [1.54, 1.807) is 30.3 Å². The van der Waals surface area contributed by atoms with Crippen LogP contribution in [0.3, 0.4) is 0 Å². The number of benzene rings is 1. The molecule has 1 aliphatic rings. The van der Waals surface area contributed by atoms with E-state index in [1.165, 1.54) is 4.31 Å². The molecular weight excluding hydrogens is 312 g/mol. The second-order valence-corrected chi connectivity index (χ2v) is 9.23. The normalized spacial score (nSPS) is 17.9. The van der Waals surface area contributed by atoms with Gasteiger partial charge >= 0.3 is 0 Å². The third-order valence-electron chi connectivity index (χ3n) is 3.89. The SMILES string of the molecule is CC(C)(C)CC(=O)NC1CCN(S(=O)(=O)c2ccccc2)CC1. The van der Waals surface area contributed by atoms with Crippen molar-refractivity contribution in [2.75, 3.05) is 13.1 Å². The van der Waals surface area contributed by atoms with E-state index in [9.17, 15) is 13.2 Å². The predicted molar refractivity (Wildman–Crippen MR) is 90.4 cm³/mol. The van der Waals surface area contributed by atoms with Crippen molar-refractivity contribution in [1.29, 1.82) is 0 Å². The van der Waals surface area contributed by atoms with E-state index in [0.717, 1.165) is 0 Å². The number of hydrogen-bond donors (Lipinski definition) is 1. The minimum absolute atomic E-state index is 0.0402. The van der Waals surface area contributed by atoms with Gasteiger partial charge in [-0.3, -0.25) is 4.79 Å². The van der Waals surface area contributed by atoms with Crippen LogP contribution in [0.5, 0.6) is 0 Å². The van der Waals surface area contributed by atoms with E-state index in [4.69, 9.17) is 0 Å². The lowest BCUT2D eigenvalue weighted by atomic mass is 9.91. The quantitative estimate of drug-likeness (QED) is 0.917. The van der Waals surface area contributed by atoms with Gasteiger partial charge in [-0.2, -0.15) is 4.31 Å². The Morgan fingerprint density at radius 3 is 2.26 bits per heavy atom. The summed E-state index contributed by atoms with van der Waals surface area (Å²) in [7, 11) is -3.42. The maximum absolute atomic E-state index is 12.5. The number of carbonyl (C=O) groups excluding carboxylic acids is 1. The lowest BCUT2D eigenvalue weighted by Gasteiger charge is -2.32. The highest BCUT2D eigenvalue weighted by molar-refractivity contribution is 7.89. The molecule has 128 valence electrons. The minimum atomic E-state index is -3.42. The minimum Gasteiger partial charge on any atom is -0.353 e. The number of piperidine rings is 1. The molecule has 0 aliphatic carbocycles. The van der Waals surface area contributed by atoms with Crippen molar-refractivity contribution in [3.63, 3.8) is 0 Å². The second-order valence-electron chi connectivity index (χ2n) is 7.30. The summed E-state index contributed by atoms with van der Waals surface area (Å²) in [6.45, 7) is 6.97. The molecular formula is C17H26N2O3S. The average molecular weight is 338 g/mol. The summed E-state index contributed by atoms with van der Waals surface area (Å²) in [6.07, 6.45) is 1.79. The molecule has 0 bridgehead atoms. The van der Waals surface area contributed by atoms with Crippen molar-refractivity contribution in [2.45, 2.75) is 51.0 Å². The standard InChI is InChI=1S/C17H26N2O3S/c1-17(2,3)13-16(20)18-14-9-11-19(12-10-14)23(21,22)15-7-5-4-6-8-15/h4-8,14H,9-13H2,1-3H3,(H,18,20). The highest BCUT2D eigenvalue weighted by atomic mass is 32.2. The molecule has 1 aliphatic heterocycles. The Bertz CT molecular complexity index is 628. The van der Waals surface area contributed by atoms with E-state index >= 15 is 0 Å². The van der Waals surface area contributed by atoms with Crippen LogP contribution in [-0.4, -0.2) is 37.8 Å². The van der Waals surface area contributed by atoms with Crippen LogP contribution >= 0.6 is 0 Å². The van der Waals surface area contributed by atoms with Crippen molar-refractivity contribution >= 4 is 15.9 Å². The molecule has 6 heteroatoms. The number of carbonyl (C=O) groups is 1. The molecule has 1 aromatic carbocycles. The smallest absolute Gasteiger partial charge is 0.243 e. The van der Waals surface area contributed by atoms with Crippen molar-refractivity contribution < 1.29 is 13.2 Å². The average Bonchev–Trinajstić information content (AvgIpc) is 2.46. The predicted octanol–water partition coefficient (Wildman–Crippen LogP) is 2.39. The number of hydrogen-bond acceptors (Lipinski definition) is 3. The Labute approximate surface area is 139 Å². The molecule has 2 rings (SSSR count). The van der Waals surface area contributed by atoms with Gasteiger partial charge in [-0.05, 0) is 30.4 Å². The molecule has 0 aromatic heterocycles. The van der Waals surface area contributed by atoms with Crippen LogP contribution in [0.25, 0.3) is 0 Å². The highest BCUT2D eigenvalue weighted by Gasteiger charge is 2.30. The Balaban J connectivity index is 1.90. The van der Waals surface area contributed by atoms with Crippen molar-refractivity contribution in [1.82, 2.24) is 9.62 Å². The zero-order valence-corrected chi connectivity index (χ0v) is 14.9. The number of sulfonamides is 1. The maximum Gasteiger partial charge on any atom is 0.243 e. The first-order valence-electron chi connectivity index (χ1n) is 8.03. The van der Waals surface area contributed by atoms with Crippen LogP contribution in [-0.2, 0) is 14.8 Å². The largest absolute Gasteiger partial charge is 0.353 e. The zero-order chi connectivity index (χ0) is 17.1. The topological polar surface area (TPSA) is 66.5 Å². The molecule has 23 heavy (non-hydrogen) atoms. The summed E-state index contributed by atoms with van der Waals surface area (Å²) < 4.78 is 26.6. The Hall–Kier alpha value is -1.40. The molecule has 0 saturated carbocycles. The molecule has 1 saturated heterocycles. The number of nitrogens with one attached hydrogen (secondary N) is 1. The first-order chi connectivity index (χ1) is 10.7. The van der Waals surface area contributed by atoms with Crippen LogP contribution in [0.1, 0.15) is 40.0 Å². The fourth-order valence-electron chi connectivity index (χ4n) is 2.74. The monoisotopic (exact) mass is 338 g/mol. The van der Waals surface area contributed by atoms with Gasteiger partial charge in [-0.25, -0.2) is 8.42 Å². The van der Waals surface area contributed by atoms with E-state index in [0.29, 0.717) is 37.2 Å². The molecule has 0 unspecified atom stereocenters. The molecule has 1 fully saturated rings. The van der Waals surface area contributed by atoms with Crippen LogP contribution in [0.15, 0.2) is 35.2 Å². The molecule has 1 aromatic rings. The summed E-state index contributed by atoms with van der Waals surface area (Å²) in [5, 5.41) is 3.03. The number of amides is 1. The van der Waals surface area contributed by atoms with Gasteiger partial charge in [-0.1, -0.05) is 39.0 Å². The summed E-state index contributed by atoms with van der Waals surface area (Å²) in [5.74, 6) is 0.0434. The van der Waals surface area contributed by atoms with Crippen LogP contribution in [0.4, 0.5) is 0 Å². The third kappa shape index (κ3) is 5.04. The van der Waals surface area contributed by atoms with Crippen molar-refractivity contribution in [3.8, 4) is 0 Å². The van der Waals surface area contributed by atoms with Crippen LogP contribution in [0.2, 0.25) is 0 Å². The zero-order valence-electron chi connectivity index (χ0n) is 14.1. The van der Waals surface area contributed by atoms with E-state index in [2.05, 4.69) is 5.32 Å². The van der Waals surface area contributed by atoms with E-state index < -0.39 is 10.0 Å². The molecule has 0 spiro atoms. The first kappa shape index (κ1) is 17.9. The molecule has 0 atom stereocenters. The summed E-state index contributed by atoms with van der Waals surface area (Å²) >= 11 is 0. The highest BCUT2D eigenvalue weighted by Crippen LogP contribution is 2.22. The summed E-state index contributed by atoms with van der Waals surface area (Å²) in [4.78, 5) is 12.3. The molecule has 0 radical (unpaired) electrons. The van der Waals surface area contributed by atoms with Gasteiger partial charge in [-0.15, -0.1) is 0 Å². The van der Waals surface area contributed by atoms with Gasteiger partial charge in [0, 0.05) is 25.6 Å². The lowest BCUT2D eigenvalue weighted by Crippen LogP contribution is -2.46. The van der Waals surface area contributed by atoms with E-state index in [1.807, 2.05) is 20.8 Å². The Morgan fingerprint density at radius 2 is 1.74 bits per heavy atom.